The van der Waals surface area contributed by atoms with E-state index in [0.717, 1.165) is 24.7 Å². The fourth-order valence-electron chi connectivity index (χ4n) is 6.06. The van der Waals surface area contributed by atoms with Crippen LogP contribution >= 0.6 is 0 Å². The standard InChI is InChI=1S/C18H32O/c1-16(2,3)6-5-15(19)18-10-13-7-14(11-18)9-17(4,8-13)12-18/h13-15,19H,5-12H2,1-4H3. The third-order valence-corrected chi connectivity index (χ3v) is 6.27. The molecule has 4 aliphatic carbocycles. The molecule has 19 heavy (non-hydrogen) atoms. The van der Waals surface area contributed by atoms with Crippen LogP contribution in [-0.4, -0.2) is 11.2 Å². The molecule has 0 saturated heterocycles. The summed E-state index contributed by atoms with van der Waals surface area (Å²) < 4.78 is 0. The van der Waals surface area contributed by atoms with Gasteiger partial charge in [0.25, 0.3) is 0 Å². The lowest BCUT2D eigenvalue weighted by Gasteiger charge is -2.62. The van der Waals surface area contributed by atoms with Crippen molar-refractivity contribution in [2.75, 3.05) is 0 Å². The first kappa shape index (κ1) is 13.9. The predicted molar refractivity (Wildman–Crippen MR) is 79.9 cm³/mol. The molecule has 3 unspecified atom stereocenters. The molecule has 0 heterocycles. The maximum Gasteiger partial charge on any atom is 0.0597 e. The van der Waals surface area contributed by atoms with E-state index in [2.05, 4.69) is 27.7 Å². The first-order chi connectivity index (χ1) is 8.70. The van der Waals surface area contributed by atoms with Gasteiger partial charge in [-0.1, -0.05) is 27.7 Å². The van der Waals surface area contributed by atoms with Crippen LogP contribution in [0.25, 0.3) is 0 Å². The van der Waals surface area contributed by atoms with Crippen molar-refractivity contribution >= 4 is 0 Å². The zero-order chi connectivity index (χ0) is 13.9. The van der Waals surface area contributed by atoms with Crippen LogP contribution in [-0.2, 0) is 0 Å². The molecule has 0 aliphatic heterocycles. The number of hydrogen-bond acceptors (Lipinski definition) is 1. The molecular formula is C18H32O. The zero-order valence-corrected chi connectivity index (χ0v) is 13.3. The number of aliphatic hydroxyl groups is 1. The summed E-state index contributed by atoms with van der Waals surface area (Å²) in [7, 11) is 0. The lowest BCUT2D eigenvalue weighted by molar-refractivity contribution is -0.155. The quantitative estimate of drug-likeness (QED) is 0.777. The van der Waals surface area contributed by atoms with Crippen molar-refractivity contribution < 1.29 is 5.11 Å². The molecule has 1 nitrogen and oxygen atoms in total. The predicted octanol–water partition coefficient (Wildman–Crippen LogP) is 4.78. The third kappa shape index (κ3) is 2.60. The highest BCUT2D eigenvalue weighted by molar-refractivity contribution is 5.08. The van der Waals surface area contributed by atoms with Crippen LogP contribution in [0, 0.1) is 28.1 Å². The Morgan fingerprint density at radius 2 is 1.68 bits per heavy atom. The summed E-state index contributed by atoms with van der Waals surface area (Å²) in [5.74, 6) is 1.85. The van der Waals surface area contributed by atoms with Gasteiger partial charge in [0.05, 0.1) is 6.10 Å². The van der Waals surface area contributed by atoms with Crippen molar-refractivity contribution in [1.29, 1.82) is 0 Å². The van der Waals surface area contributed by atoms with Crippen molar-refractivity contribution in [2.24, 2.45) is 28.1 Å². The van der Waals surface area contributed by atoms with E-state index in [-0.39, 0.29) is 6.10 Å². The second-order valence-corrected chi connectivity index (χ2v) is 9.75. The highest BCUT2D eigenvalue weighted by atomic mass is 16.3. The van der Waals surface area contributed by atoms with E-state index >= 15 is 0 Å². The van der Waals surface area contributed by atoms with E-state index in [9.17, 15) is 5.11 Å². The summed E-state index contributed by atoms with van der Waals surface area (Å²) in [6, 6.07) is 0. The second-order valence-electron chi connectivity index (χ2n) is 9.75. The average molecular weight is 264 g/mol. The lowest BCUT2D eigenvalue weighted by Crippen LogP contribution is -2.55. The van der Waals surface area contributed by atoms with Gasteiger partial charge in [-0.05, 0) is 79.4 Å². The van der Waals surface area contributed by atoms with Gasteiger partial charge in [0.1, 0.15) is 0 Å². The van der Waals surface area contributed by atoms with Crippen LogP contribution in [0.5, 0.6) is 0 Å². The molecule has 4 aliphatic rings. The van der Waals surface area contributed by atoms with Crippen molar-refractivity contribution in [1.82, 2.24) is 0 Å². The Morgan fingerprint density at radius 1 is 1.11 bits per heavy atom. The van der Waals surface area contributed by atoms with Crippen LogP contribution in [0.4, 0.5) is 0 Å². The number of aliphatic hydroxyl groups excluding tert-OH is 1. The Hall–Kier alpha value is -0.0400. The summed E-state index contributed by atoms with van der Waals surface area (Å²) in [6.07, 6.45) is 10.4. The molecule has 0 spiro atoms. The minimum atomic E-state index is -0.0445. The molecule has 0 aromatic carbocycles. The molecule has 1 heteroatoms. The van der Waals surface area contributed by atoms with Gasteiger partial charge in [-0.2, -0.15) is 0 Å². The molecule has 4 rings (SSSR count). The average Bonchev–Trinajstić information content (AvgIpc) is 2.21. The topological polar surface area (TPSA) is 20.2 Å². The Labute approximate surface area is 119 Å². The van der Waals surface area contributed by atoms with E-state index in [4.69, 9.17) is 0 Å². The van der Waals surface area contributed by atoms with Gasteiger partial charge in [0, 0.05) is 0 Å². The highest BCUT2D eigenvalue weighted by Crippen LogP contribution is 2.66. The summed E-state index contributed by atoms with van der Waals surface area (Å²) in [5.41, 5.74) is 1.21. The van der Waals surface area contributed by atoms with Gasteiger partial charge < -0.3 is 5.11 Å². The minimum absolute atomic E-state index is 0.0445. The van der Waals surface area contributed by atoms with Gasteiger partial charge in [-0.25, -0.2) is 0 Å². The minimum Gasteiger partial charge on any atom is -0.393 e. The summed E-state index contributed by atoms with van der Waals surface area (Å²) in [6.45, 7) is 9.37. The Bertz CT molecular complexity index is 337. The van der Waals surface area contributed by atoms with Crippen LogP contribution in [0.3, 0.4) is 0 Å². The lowest BCUT2D eigenvalue weighted by atomic mass is 9.43. The molecule has 1 N–H and O–H groups in total. The summed E-state index contributed by atoms with van der Waals surface area (Å²) >= 11 is 0. The number of rotatable bonds is 3. The van der Waals surface area contributed by atoms with Crippen LogP contribution in [0.2, 0.25) is 0 Å². The Morgan fingerprint density at radius 3 is 2.16 bits per heavy atom. The smallest absolute Gasteiger partial charge is 0.0597 e. The van der Waals surface area contributed by atoms with Gasteiger partial charge >= 0.3 is 0 Å². The van der Waals surface area contributed by atoms with Gasteiger partial charge in [0.2, 0.25) is 0 Å². The van der Waals surface area contributed by atoms with E-state index in [1.165, 1.54) is 38.5 Å². The van der Waals surface area contributed by atoms with Gasteiger partial charge in [-0.15, -0.1) is 0 Å². The second kappa shape index (κ2) is 4.23. The van der Waals surface area contributed by atoms with Crippen molar-refractivity contribution in [3.05, 3.63) is 0 Å². The third-order valence-electron chi connectivity index (χ3n) is 6.27. The van der Waals surface area contributed by atoms with Crippen LogP contribution in [0.1, 0.15) is 79.1 Å². The molecule has 4 saturated carbocycles. The summed E-state index contributed by atoms with van der Waals surface area (Å²) in [4.78, 5) is 0. The van der Waals surface area contributed by atoms with Gasteiger partial charge in [0.15, 0.2) is 0 Å². The highest BCUT2D eigenvalue weighted by Gasteiger charge is 2.57. The first-order valence-electron chi connectivity index (χ1n) is 8.38. The Kier molecular flexibility index (Phi) is 3.10. The van der Waals surface area contributed by atoms with Crippen molar-refractivity contribution in [2.45, 2.75) is 85.2 Å². The maximum absolute atomic E-state index is 10.9. The monoisotopic (exact) mass is 264 g/mol. The van der Waals surface area contributed by atoms with Crippen molar-refractivity contribution in [3.63, 3.8) is 0 Å². The normalized spacial score (nSPS) is 46.6. The SMILES string of the molecule is CC(C)(C)CCC(O)C12CC3CC(CC(C)(C3)C1)C2. The largest absolute Gasteiger partial charge is 0.393 e. The number of hydrogen-bond donors (Lipinski definition) is 1. The molecule has 3 atom stereocenters. The van der Waals surface area contributed by atoms with E-state index in [1.807, 2.05) is 0 Å². The molecule has 0 aromatic heterocycles. The summed E-state index contributed by atoms with van der Waals surface area (Å²) in [5, 5.41) is 10.9. The van der Waals surface area contributed by atoms with Crippen molar-refractivity contribution in [3.8, 4) is 0 Å². The molecule has 0 radical (unpaired) electrons. The molecule has 110 valence electrons. The first-order valence-corrected chi connectivity index (χ1v) is 8.38. The Balaban J connectivity index is 1.72. The molecule has 4 bridgehead atoms. The molecule has 0 amide bonds. The van der Waals surface area contributed by atoms with Crippen LogP contribution in [0.15, 0.2) is 0 Å². The molecule has 0 aromatic rings. The van der Waals surface area contributed by atoms with E-state index in [0.29, 0.717) is 16.2 Å². The van der Waals surface area contributed by atoms with E-state index in [1.54, 1.807) is 0 Å². The maximum atomic E-state index is 10.9. The molecule has 4 fully saturated rings. The van der Waals surface area contributed by atoms with E-state index < -0.39 is 0 Å². The van der Waals surface area contributed by atoms with Crippen LogP contribution < -0.4 is 0 Å². The molecular weight excluding hydrogens is 232 g/mol. The zero-order valence-electron chi connectivity index (χ0n) is 13.3. The van der Waals surface area contributed by atoms with Gasteiger partial charge in [-0.3, -0.25) is 0 Å². The fraction of sp³-hybridized carbons (Fsp3) is 1.00. The fourth-order valence-corrected chi connectivity index (χ4v) is 6.06.